The molecule has 0 aromatic heterocycles. The Morgan fingerprint density at radius 2 is 1.76 bits per heavy atom. The number of rotatable bonds is 5. The molecule has 0 radical (unpaired) electrons. The highest BCUT2D eigenvalue weighted by molar-refractivity contribution is 9.10. The first kappa shape index (κ1) is 17.7. The topological polar surface area (TPSA) is 21.6 Å². The fourth-order valence-electron chi connectivity index (χ4n) is 2.34. The summed E-state index contributed by atoms with van der Waals surface area (Å²) in [5.74, 6) is 0.800. The summed E-state index contributed by atoms with van der Waals surface area (Å²) in [4.78, 5) is 4.57. The van der Waals surface area contributed by atoms with Gasteiger partial charge in [-0.15, -0.1) is 0 Å². The Labute approximate surface area is 161 Å². The van der Waals surface area contributed by atoms with Gasteiger partial charge in [-0.25, -0.2) is 0 Å². The summed E-state index contributed by atoms with van der Waals surface area (Å²) in [7, 11) is 0. The third-order valence-corrected chi connectivity index (χ3v) is 4.75. The lowest BCUT2D eigenvalue weighted by Crippen LogP contribution is -1.98. The average molecular weight is 415 g/mol. The van der Waals surface area contributed by atoms with E-state index >= 15 is 0 Å². The first-order valence-electron chi connectivity index (χ1n) is 7.89. The Morgan fingerprint density at radius 3 is 2.56 bits per heavy atom. The van der Waals surface area contributed by atoms with Crippen LogP contribution in [0.2, 0.25) is 5.02 Å². The average Bonchev–Trinajstić information content (AvgIpc) is 2.63. The van der Waals surface area contributed by atoms with Gasteiger partial charge in [0, 0.05) is 21.3 Å². The molecule has 0 saturated carbocycles. The van der Waals surface area contributed by atoms with E-state index in [4.69, 9.17) is 16.3 Å². The highest BCUT2D eigenvalue weighted by atomic mass is 79.9. The van der Waals surface area contributed by atoms with Crippen LogP contribution < -0.4 is 4.74 Å². The highest BCUT2D eigenvalue weighted by Gasteiger charge is 2.03. The molecule has 0 atom stereocenters. The second-order valence-electron chi connectivity index (χ2n) is 5.60. The number of benzene rings is 3. The fourth-order valence-corrected chi connectivity index (χ4v) is 2.77. The molecule has 3 rings (SSSR count). The lowest BCUT2D eigenvalue weighted by Gasteiger charge is -2.09. The molecule has 0 aliphatic rings. The first-order valence-corrected chi connectivity index (χ1v) is 9.06. The van der Waals surface area contributed by atoms with Crippen LogP contribution in [0, 0.1) is 6.92 Å². The van der Waals surface area contributed by atoms with Gasteiger partial charge in [0.25, 0.3) is 0 Å². The van der Waals surface area contributed by atoms with E-state index in [2.05, 4.69) is 20.9 Å². The summed E-state index contributed by atoms with van der Waals surface area (Å²) in [6.45, 7) is 2.47. The van der Waals surface area contributed by atoms with Crippen molar-refractivity contribution in [2.75, 3.05) is 0 Å². The van der Waals surface area contributed by atoms with Gasteiger partial charge in [0.2, 0.25) is 0 Å². The third-order valence-electron chi connectivity index (χ3n) is 3.81. The minimum Gasteiger partial charge on any atom is -0.488 e. The van der Waals surface area contributed by atoms with Crippen LogP contribution in [0.25, 0.3) is 0 Å². The fraction of sp³-hybridized carbons (Fsp3) is 0.0952. The van der Waals surface area contributed by atoms with Crippen molar-refractivity contribution in [1.82, 2.24) is 0 Å². The zero-order chi connectivity index (χ0) is 17.6. The Kier molecular flexibility index (Phi) is 5.90. The van der Waals surface area contributed by atoms with Crippen molar-refractivity contribution in [2.24, 2.45) is 4.99 Å². The summed E-state index contributed by atoms with van der Waals surface area (Å²) < 4.78 is 7.03. The minimum atomic E-state index is 0.508. The van der Waals surface area contributed by atoms with E-state index in [1.165, 1.54) is 0 Å². The van der Waals surface area contributed by atoms with Crippen molar-refractivity contribution < 1.29 is 4.74 Å². The molecule has 0 fully saturated rings. The SMILES string of the molecule is Cc1c(Cl)cccc1N=Cc1ccccc1OCc1ccc(Br)cc1. The zero-order valence-corrected chi connectivity index (χ0v) is 16.1. The first-order chi connectivity index (χ1) is 12.1. The van der Waals surface area contributed by atoms with E-state index in [0.29, 0.717) is 6.61 Å². The molecular formula is C21H17BrClNO. The van der Waals surface area contributed by atoms with E-state index in [1.54, 1.807) is 0 Å². The maximum Gasteiger partial charge on any atom is 0.128 e. The van der Waals surface area contributed by atoms with Gasteiger partial charge in [-0.1, -0.05) is 57.9 Å². The Morgan fingerprint density at radius 1 is 1.00 bits per heavy atom. The lowest BCUT2D eigenvalue weighted by molar-refractivity contribution is 0.306. The predicted molar refractivity (Wildman–Crippen MR) is 108 cm³/mol. The molecule has 0 spiro atoms. The van der Waals surface area contributed by atoms with Crippen molar-refractivity contribution >= 4 is 39.4 Å². The molecule has 3 aromatic carbocycles. The van der Waals surface area contributed by atoms with E-state index in [-0.39, 0.29) is 0 Å². The van der Waals surface area contributed by atoms with Crippen molar-refractivity contribution in [2.45, 2.75) is 13.5 Å². The van der Waals surface area contributed by atoms with E-state index in [9.17, 15) is 0 Å². The molecule has 0 aliphatic heterocycles. The molecule has 0 unspecified atom stereocenters. The summed E-state index contributed by atoms with van der Waals surface area (Å²) in [6.07, 6.45) is 1.82. The normalized spacial score (nSPS) is 11.0. The summed E-state index contributed by atoms with van der Waals surface area (Å²) in [5.41, 5.74) is 3.86. The van der Waals surface area contributed by atoms with E-state index in [1.807, 2.05) is 79.9 Å². The largest absolute Gasteiger partial charge is 0.488 e. The van der Waals surface area contributed by atoms with Gasteiger partial charge in [-0.05, 0) is 54.4 Å². The van der Waals surface area contributed by atoms with Crippen LogP contribution in [0.3, 0.4) is 0 Å². The third kappa shape index (κ3) is 4.71. The molecule has 0 N–H and O–H groups in total. The quantitative estimate of drug-likeness (QED) is 0.424. The van der Waals surface area contributed by atoms with Crippen LogP contribution in [-0.4, -0.2) is 6.21 Å². The van der Waals surface area contributed by atoms with Crippen LogP contribution in [0.4, 0.5) is 5.69 Å². The molecule has 0 saturated heterocycles. The van der Waals surface area contributed by atoms with Crippen molar-refractivity contribution in [3.63, 3.8) is 0 Å². The van der Waals surface area contributed by atoms with Crippen LogP contribution in [0.5, 0.6) is 5.75 Å². The van der Waals surface area contributed by atoms with Gasteiger partial charge >= 0.3 is 0 Å². The maximum atomic E-state index is 6.15. The minimum absolute atomic E-state index is 0.508. The number of nitrogens with zero attached hydrogens (tertiary/aromatic N) is 1. The molecule has 126 valence electrons. The van der Waals surface area contributed by atoms with Gasteiger partial charge < -0.3 is 4.74 Å². The second kappa shape index (κ2) is 8.32. The molecule has 4 heteroatoms. The number of hydrogen-bond donors (Lipinski definition) is 0. The van der Waals surface area contributed by atoms with Gasteiger partial charge in [-0.2, -0.15) is 0 Å². The summed E-state index contributed by atoms with van der Waals surface area (Å²) >= 11 is 9.59. The highest BCUT2D eigenvalue weighted by Crippen LogP contribution is 2.26. The van der Waals surface area contributed by atoms with Gasteiger partial charge in [-0.3, -0.25) is 4.99 Å². The van der Waals surface area contributed by atoms with Crippen molar-refractivity contribution in [1.29, 1.82) is 0 Å². The molecule has 0 bridgehead atoms. The number of ether oxygens (including phenoxy) is 1. The number of halogens is 2. The van der Waals surface area contributed by atoms with Crippen LogP contribution in [-0.2, 0) is 6.61 Å². The van der Waals surface area contributed by atoms with Crippen molar-refractivity contribution in [3.05, 3.63) is 92.9 Å². The number of aliphatic imine (C=N–C) groups is 1. The van der Waals surface area contributed by atoms with Crippen LogP contribution in [0.1, 0.15) is 16.7 Å². The van der Waals surface area contributed by atoms with Crippen LogP contribution in [0.15, 0.2) is 76.2 Å². The van der Waals surface area contributed by atoms with E-state index in [0.717, 1.165) is 37.6 Å². The summed E-state index contributed by atoms with van der Waals surface area (Å²) in [6, 6.07) is 21.7. The Hall–Kier alpha value is -2.10. The smallest absolute Gasteiger partial charge is 0.128 e. The summed E-state index contributed by atoms with van der Waals surface area (Å²) in [5, 5.41) is 0.717. The molecule has 25 heavy (non-hydrogen) atoms. The van der Waals surface area contributed by atoms with Gasteiger partial charge in [0.1, 0.15) is 12.4 Å². The molecule has 2 nitrogen and oxygen atoms in total. The zero-order valence-electron chi connectivity index (χ0n) is 13.7. The lowest BCUT2D eigenvalue weighted by atomic mass is 10.2. The Balaban J connectivity index is 1.77. The molecule has 3 aromatic rings. The van der Waals surface area contributed by atoms with Crippen molar-refractivity contribution in [3.8, 4) is 5.75 Å². The van der Waals surface area contributed by atoms with E-state index < -0.39 is 0 Å². The monoisotopic (exact) mass is 413 g/mol. The van der Waals surface area contributed by atoms with Crippen LogP contribution >= 0.6 is 27.5 Å². The van der Waals surface area contributed by atoms with Gasteiger partial charge in [0.05, 0.1) is 5.69 Å². The maximum absolute atomic E-state index is 6.15. The molecule has 0 heterocycles. The molecule has 0 amide bonds. The predicted octanol–water partition coefficient (Wildman–Crippen LogP) is 6.74. The Bertz CT molecular complexity index is 891. The second-order valence-corrected chi connectivity index (χ2v) is 6.92. The van der Waals surface area contributed by atoms with Gasteiger partial charge in [0.15, 0.2) is 0 Å². The number of hydrogen-bond acceptors (Lipinski definition) is 2. The molecular weight excluding hydrogens is 398 g/mol. The molecule has 0 aliphatic carbocycles. The standard InChI is InChI=1S/C21H17BrClNO/c1-15-19(23)6-4-7-20(15)24-13-17-5-2-3-8-21(17)25-14-16-9-11-18(22)12-10-16/h2-13H,14H2,1H3. The number of para-hydroxylation sites is 1.